The van der Waals surface area contributed by atoms with Crippen molar-refractivity contribution < 1.29 is 23.0 Å². The number of fused-ring (bicyclic) bond motifs is 1. The normalized spacial score (nSPS) is 29.8. The minimum atomic E-state index is -2.91. The van der Waals surface area contributed by atoms with Gasteiger partial charge in [-0.25, -0.2) is 0 Å². The molecule has 1 heterocycles. The summed E-state index contributed by atoms with van der Waals surface area (Å²) in [5, 5.41) is 2.74. The summed E-state index contributed by atoms with van der Waals surface area (Å²) in [5.41, 5.74) is 5.32. The molecule has 3 unspecified atom stereocenters. The molecule has 1 aromatic rings. The average molecular weight is 377 g/mol. The van der Waals surface area contributed by atoms with E-state index in [4.69, 9.17) is 10.5 Å². The van der Waals surface area contributed by atoms with E-state index < -0.39 is 17.6 Å². The third kappa shape index (κ3) is 3.20. The summed E-state index contributed by atoms with van der Waals surface area (Å²) in [6.07, 6.45) is 1.68. The summed E-state index contributed by atoms with van der Waals surface area (Å²) in [7, 11) is 0. The van der Waals surface area contributed by atoms with Gasteiger partial charge < -0.3 is 20.5 Å². The first kappa shape index (κ1) is 19.9. The van der Waals surface area contributed by atoms with Crippen LogP contribution in [-0.2, 0) is 9.53 Å². The number of benzene rings is 1. The van der Waals surface area contributed by atoms with Crippen LogP contribution < -0.4 is 15.8 Å². The van der Waals surface area contributed by atoms with Gasteiger partial charge in [0.15, 0.2) is 0 Å². The van der Waals surface area contributed by atoms with Crippen LogP contribution in [0, 0.1) is 11.3 Å². The number of alkyl halides is 2. The largest absolute Gasteiger partial charge is 0.435 e. The lowest BCUT2D eigenvalue weighted by molar-refractivity contribution is -0.222. The maximum Gasteiger partial charge on any atom is 0.387 e. The van der Waals surface area contributed by atoms with E-state index in [-0.39, 0.29) is 36.1 Å². The van der Waals surface area contributed by atoms with Gasteiger partial charge in [0.1, 0.15) is 11.3 Å². The summed E-state index contributed by atoms with van der Waals surface area (Å²) < 4.78 is 34.8. The van der Waals surface area contributed by atoms with Gasteiger partial charge in [-0.1, -0.05) is 19.9 Å². The molecule has 3 atom stereocenters. The van der Waals surface area contributed by atoms with Gasteiger partial charge in [0.05, 0.1) is 6.10 Å². The van der Waals surface area contributed by atoms with Crippen LogP contribution in [0.4, 0.5) is 14.5 Å². The first-order valence-electron chi connectivity index (χ1n) is 8.03. The third-order valence-electron chi connectivity index (χ3n) is 5.38. The number of amides is 1. The summed E-state index contributed by atoms with van der Waals surface area (Å²) >= 11 is 0. The molecule has 0 radical (unpaired) electrons. The highest BCUT2D eigenvalue weighted by Gasteiger charge is 2.70. The van der Waals surface area contributed by atoms with E-state index in [0.29, 0.717) is 12.3 Å². The molecule has 0 bridgehead atoms. The summed E-state index contributed by atoms with van der Waals surface area (Å²) in [6.45, 7) is 1.63. The van der Waals surface area contributed by atoms with Crippen LogP contribution in [0.15, 0.2) is 24.3 Å². The molecular formula is C17H23ClF2N2O3. The van der Waals surface area contributed by atoms with Crippen molar-refractivity contribution in [3.05, 3.63) is 24.3 Å². The fraction of sp³-hybridized carbons (Fsp3) is 0.588. The maximum atomic E-state index is 12.8. The molecule has 0 spiro atoms. The molecule has 1 aromatic carbocycles. The van der Waals surface area contributed by atoms with Crippen LogP contribution in [0.5, 0.6) is 5.75 Å². The van der Waals surface area contributed by atoms with Crippen LogP contribution in [-0.4, -0.2) is 30.8 Å². The van der Waals surface area contributed by atoms with Gasteiger partial charge in [0.2, 0.25) is 5.91 Å². The second kappa shape index (κ2) is 7.05. The van der Waals surface area contributed by atoms with Crippen LogP contribution in [0.25, 0.3) is 0 Å². The van der Waals surface area contributed by atoms with Gasteiger partial charge in [-0.15, -0.1) is 12.4 Å². The molecular weight excluding hydrogens is 354 g/mol. The summed E-state index contributed by atoms with van der Waals surface area (Å²) in [6, 6.07) is 5.90. The number of anilines is 1. The standard InChI is InChI=1S/C17H22F2N2O3.ClH/c1-16(2)13-12(7-4-8-23-13)17(16,20)14(22)21-10-5-3-6-11(9-10)24-15(18)19;/h3,5-6,9,12-13,15H,4,7-8,20H2,1-2H3,(H,21,22);1H. The predicted molar refractivity (Wildman–Crippen MR) is 92.1 cm³/mol. The third-order valence-corrected chi connectivity index (χ3v) is 5.38. The predicted octanol–water partition coefficient (Wildman–Crippen LogP) is 3.18. The van der Waals surface area contributed by atoms with Crippen LogP contribution in [0.2, 0.25) is 0 Å². The number of carbonyl (C=O) groups is 1. The number of hydrogen-bond acceptors (Lipinski definition) is 4. The quantitative estimate of drug-likeness (QED) is 0.846. The first-order valence-corrected chi connectivity index (χ1v) is 8.03. The Morgan fingerprint density at radius 1 is 1.44 bits per heavy atom. The molecule has 1 aliphatic heterocycles. The van der Waals surface area contributed by atoms with Gasteiger partial charge in [-0.3, -0.25) is 4.79 Å². The molecule has 140 valence electrons. The Morgan fingerprint density at radius 3 is 2.84 bits per heavy atom. The number of halogens is 3. The minimum Gasteiger partial charge on any atom is -0.435 e. The molecule has 25 heavy (non-hydrogen) atoms. The van der Waals surface area contributed by atoms with Crippen molar-refractivity contribution in [2.45, 2.75) is 44.9 Å². The van der Waals surface area contributed by atoms with Crippen molar-refractivity contribution in [2.24, 2.45) is 17.1 Å². The van der Waals surface area contributed by atoms with Crippen molar-refractivity contribution in [3.8, 4) is 5.75 Å². The van der Waals surface area contributed by atoms with Gasteiger partial charge in [0, 0.05) is 29.7 Å². The average Bonchev–Trinajstić information content (AvgIpc) is 2.53. The highest BCUT2D eigenvalue weighted by molar-refractivity contribution is 6.00. The molecule has 1 saturated carbocycles. The molecule has 5 nitrogen and oxygen atoms in total. The lowest BCUT2D eigenvalue weighted by Crippen LogP contribution is -2.81. The van der Waals surface area contributed by atoms with Crippen LogP contribution >= 0.6 is 12.4 Å². The van der Waals surface area contributed by atoms with E-state index in [9.17, 15) is 13.6 Å². The highest BCUT2D eigenvalue weighted by Crippen LogP contribution is 2.57. The second-order valence-electron chi connectivity index (χ2n) is 6.99. The van der Waals surface area contributed by atoms with Gasteiger partial charge >= 0.3 is 6.61 Å². The number of nitrogens with two attached hydrogens (primary N) is 1. The smallest absolute Gasteiger partial charge is 0.387 e. The topological polar surface area (TPSA) is 73.6 Å². The highest BCUT2D eigenvalue weighted by atomic mass is 35.5. The van der Waals surface area contributed by atoms with E-state index >= 15 is 0 Å². The number of rotatable bonds is 4. The number of ether oxygens (including phenoxy) is 2. The number of carbonyl (C=O) groups excluding carboxylic acids is 1. The van der Waals surface area contributed by atoms with Crippen LogP contribution in [0.1, 0.15) is 26.7 Å². The molecule has 3 N–H and O–H groups in total. The monoisotopic (exact) mass is 376 g/mol. The van der Waals surface area contributed by atoms with E-state index in [2.05, 4.69) is 10.1 Å². The molecule has 2 aliphatic rings. The molecule has 0 aromatic heterocycles. The maximum absolute atomic E-state index is 12.8. The fourth-order valence-electron chi connectivity index (χ4n) is 4.02. The van der Waals surface area contributed by atoms with E-state index in [1.807, 2.05) is 13.8 Å². The van der Waals surface area contributed by atoms with E-state index in [1.54, 1.807) is 6.07 Å². The SMILES string of the molecule is CC1(C)C2OCCCC2C1(N)C(=O)Nc1cccc(OC(F)F)c1.Cl. The zero-order valence-corrected chi connectivity index (χ0v) is 14.9. The van der Waals surface area contributed by atoms with Crippen molar-refractivity contribution in [1.29, 1.82) is 0 Å². The Bertz CT molecular complexity index is 644. The summed E-state index contributed by atoms with van der Waals surface area (Å²) in [5.74, 6) is -0.379. The lowest BCUT2D eigenvalue weighted by atomic mass is 9.46. The van der Waals surface area contributed by atoms with Crippen molar-refractivity contribution >= 4 is 24.0 Å². The molecule has 1 aliphatic carbocycles. The lowest BCUT2D eigenvalue weighted by Gasteiger charge is -2.65. The fourth-order valence-corrected chi connectivity index (χ4v) is 4.02. The Labute approximate surface area is 151 Å². The van der Waals surface area contributed by atoms with Crippen molar-refractivity contribution in [3.63, 3.8) is 0 Å². The Balaban J connectivity index is 0.00000225. The minimum absolute atomic E-state index is 0. The molecule has 1 saturated heterocycles. The number of nitrogens with one attached hydrogen (secondary N) is 1. The molecule has 2 fully saturated rings. The molecule has 8 heteroatoms. The Morgan fingerprint density at radius 2 is 2.16 bits per heavy atom. The van der Waals surface area contributed by atoms with Crippen LogP contribution in [0.3, 0.4) is 0 Å². The van der Waals surface area contributed by atoms with Gasteiger partial charge in [0.25, 0.3) is 0 Å². The summed E-state index contributed by atoms with van der Waals surface area (Å²) in [4.78, 5) is 12.8. The Hall–Kier alpha value is -1.44. The van der Waals surface area contributed by atoms with E-state index in [0.717, 1.165) is 12.8 Å². The first-order chi connectivity index (χ1) is 11.3. The zero-order valence-electron chi connectivity index (χ0n) is 14.1. The second-order valence-corrected chi connectivity index (χ2v) is 6.99. The Kier molecular flexibility index (Phi) is 5.61. The molecule has 1 amide bonds. The van der Waals surface area contributed by atoms with E-state index in [1.165, 1.54) is 18.2 Å². The van der Waals surface area contributed by atoms with Crippen molar-refractivity contribution in [1.82, 2.24) is 0 Å². The molecule has 3 rings (SSSR count). The van der Waals surface area contributed by atoms with Gasteiger partial charge in [-0.05, 0) is 25.0 Å². The van der Waals surface area contributed by atoms with Crippen molar-refractivity contribution in [2.75, 3.05) is 11.9 Å². The van der Waals surface area contributed by atoms with Gasteiger partial charge in [-0.2, -0.15) is 8.78 Å². The number of hydrogen-bond donors (Lipinski definition) is 2. The zero-order chi connectivity index (χ0) is 17.5.